The van der Waals surface area contributed by atoms with Crippen molar-refractivity contribution in [3.05, 3.63) is 35.0 Å². The lowest BCUT2D eigenvalue weighted by molar-refractivity contribution is 0.0606. The Morgan fingerprint density at radius 2 is 2.21 bits per heavy atom. The topological polar surface area (TPSA) is 26.3 Å². The normalized spacial score (nSPS) is 10.4. The highest BCUT2D eigenvalue weighted by molar-refractivity contribution is 7.20. The Kier molecular flexibility index (Phi) is 2.21. The average molecular weight is 210 g/mol. The molecule has 2 rings (SSSR count). The smallest absolute Gasteiger partial charge is 0.348 e. The third-order valence-electron chi connectivity index (χ3n) is 1.87. The second-order valence-corrected chi connectivity index (χ2v) is 3.87. The van der Waals surface area contributed by atoms with E-state index in [1.165, 1.54) is 30.6 Å². The SMILES string of the molecule is COC(=O)c1cc2ccc(F)cc2s1. The Labute approximate surface area is 83.9 Å². The summed E-state index contributed by atoms with van der Waals surface area (Å²) >= 11 is 1.23. The molecule has 72 valence electrons. The molecule has 4 heteroatoms. The van der Waals surface area contributed by atoms with Gasteiger partial charge in [0.2, 0.25) is 0 Å². The van der Waals surface area contributed by atoms with Gasteiger partial charge in [0, 0.05) is 4.70 Å². The van der Waals surface area contributed by atoms with Crippen molar-refractivity contribution in [3.8, 4) is 0 Å². The predicted octanol–water partition coefficient (Wildman–Crippen LogP) is 2.83. The number of carbonyl (C=O) groups excluding carboxylic acids is 1. The van der Waals surface area contributed by atoms with Crippen molar-refractivity contribution in [1.82, 2.24) is 0 Å². The van der Waals surface area contributed by atoms with Crippen molar-refractivity contribution >= 4 is 27.4 Å². The van der Waals surface area contributed by atoms with Gasteiger partial charge < -0.3 is 4.74 Å². The van der Waals surface area contributed by atoms with Gasteiger partial charge in [0.05, 0.1) is 7.11 Å². The Bertz CT molecular complexity index is 490. The second kappa shape index (κ2) is 3.38. The standard InChI is InChI=1S/C10H7FO2S/c1-13-10(12)9-4-6-2-3-7(11)5-8(6)14-9/h2-5H,1H3. The Hall–Kier alpha value is -1.42. The van der Waals surface area contributed by atoms with Crippen molar-refractivity contribution in [2.24, 2.45) is 0 Å². The maximum atomic E-state index is 12.8. The molecule has 0 aliphatic heterocycles. The van der Waals surface area contributed by atoms with E-state index in [2.05, 4.69) is 4.74 Å². The molecular formula is C10H7FO2S. The van der Waals surface area contributed by atoms with E-state index in [0.29, 0.717) is 4.88 Å². The molecule has 14 heavy (non-hydrogen) atoms. The van der Waals surface area contributed by atoms with E-state index in [-0.39, 0.29) is 11.8 Å². The number of halogens is 1. The maximum absolute atomic E-state index is 12.8. The number of methoxy groups -OCH3 is 1. The maximum Gasteiger partial charge on any atom is 0.348 e. The zero-order chi connectivity index (χ0) is 10.1. The van der Waals surface area contributed by atoms with E-state index in [4.69, 9.17) is 0 Å². The van der Waals surface area contributed by atoms with Crippen LogP contribution in [0.25, 0.3) is 10.1 Å². The van der Waals surface area contributed by atoms with Gasteiger partial charge in [-0.3, -0.25) is 0 Å². The summed E-state index contributed by atoms with van der Waals surface area (Å²) in [6.45, 7) is 0. The first-order valence-corrected chi connectivity index (χ1v) is 4.80. The highest BCUT2D eigenvalue weighted by Gasteiger charge is 2.10. The number of hydrogen-bond acceptors (Lipinski definition) is 3. The Morgan fingerprint density at radius 1 is 1.43 bits per heavy atom. The monoisotopic (exact) mass is 210 g/mol. The molecule has 1 aromatic carbocycles. The van der Waals surface area contributed by atoms with Crippen LogP contribution in [0.2, 0.25) is 0 Å². The summed E-state index contributed by atoms with van der Waals surface area (Å²) in [6, 6.07) is 6.13. The second-order valence-electron chi connectivity index (χ2n) is 2.78. The number of rotatable bonds is 1. The van der Waals surface area contributed by atoms with Crippen LogP contribution in [0.15, 0.2) is 24.3 Å². The molecule has 0 unspecified atom stereocenters. The lowest BCUT2D eigenvalue weighted by Crippen LogP contribution is -1.96. The van der Waals surface area contributed by atoms with Gasteiger partial charge in [-0.25, -0.2) is 9.18 Å². The minimum absolute atomic E-state index is 0.296. The van der Waals surface area contributed by atoms with Crippen molar-refractivity contribution in [2.75, 3.05) is 7.11 Å². The fourth-order valence-electron chi connectivity index (χ4n) is 1.21. The number of fused-ring (bicyclic) bond motifs is 1. The largest absolute Gasteiger partial charge is 0.465 e. The fourth-order valence-corrected chi connectivity index (χ4v) is 2.21. The van der Waals surface area contributed by atoms with Crippen molar-refractivity contribution in [1.29, 1.82) is 0 Å². The molecule has 0 atom stereocenters. The minimum atomic E-state index is -0.383. The first-order valence-electron chi connectivity index (χ1n) is 3.98. The lowest BCUT2D eigenvalue weighted by atomic mass is 10.2. The van der Waals surface area contributed by atoms with Crippen LogP contribution in [-0.4, -0.2) is 13.1 Å². The number of ether oxygens (including phenoxy) is 1. The summed E-state index contributed by atoms with van der Waals surface area (Å²) in [5.74, 6) is -0.678. The number of esters is 1. The van der Waals surface area contributed by atoms with Gasteiger partial charge in [-0.05, 0) is 23.6 Å². The van der Waals surface area contributed by atoms with Crippen LogP contribution >= 0.6 is 11.3 Å². The van der Waals surface area contributed by atoms with E-state index >= 15 is 0 Å². The molecule has 2 nitrogen and oxygen atoms in total. The Balaban J connectivity index is 2.56. The summed E-state index contributed by atoms with van der Waals surface area (Å²) in [6.07, 6.45) is 0. The van der Waals surface area contributed by atoms with Crippen LogP contribution in [0.1, 0.15) is 9.67 Å². The molecule has 0 amide bonds. The summed E-state index contributed by atoms with van der Waals surface area (Å²) in [5, 5.41) is 0.858. The molecule has 2 aromatic rings. The number of carbonyl (C=O) groups is 1. The number of benzene rings is 1. The van der Waals surface area contributed by atoms with Gasteiger partial charge in [-0.1, -0.05) is 6.07 Å². The third-order valence-corrected chi connectivity index (χ3v) is 2.95. The summed E-state index contributed by atoms with van der Waals surface area (Å²) in [4.78, 5) is 11.7. The van der Waals surface area contributed by atoms with Crippen molar-refractivity contribution in [2.45, 2.75) is 0 Å². The minimum Gasteiger partial charge on any atom is -0.465 e. The predicted molar refractivity (Wildman–Crippen MR) is 53.1 cm³/mol. The molecule has 0 N–H and O–H groups in total. The summed E-state index contributed by atoms with van der Waals surface area (Å²) in [7, 11) is 1.33. The zero-order valence-electron chi connectivity index (χ0n) is 7.41. The molecular weight excluding hydrogens is 203 g/mol. The molecule has 0 radical (unpaired) electrons. The summed E-state index contributed by atoms with van der Waals surface area (Å²) < 4.78 is 18.1. The van der Waals surface area contributed by atoms with Crippen molar-refractivity contribution in [3.63, 3.8) is 0 Å². The van der Waals surface area contributed by atoms with E-state index in [1.807, 2.05) is 0 Å². The van der Waals surface area contributed by atoms with Gasteiger partial charge in [0.15, 0.2) is 0 Å². The van der Waals surface area contributed by atoms with Crippen LogP contribution in [-0.2, 0) is 4.74 Å². The average Bonchev–Trinajstić information content (AvgIpc) is 2.59. The third kappa shape index (κ3) is 1.48. The fraction of sp³-hybridized carbons (Fsp3) is 0.100. The van der Waals surface area contributed by atoms with Crippen LogP contribution in [0.3, 0.4) is 0 Å². The molecule has 0 spiro atoms. The molecule has 1 aromatic heterocycles. The van der Waals surface area contributed by atoms with Crippen LogP contribution < -0.4 is 0 Å². The first-order chi connectivity index (χ1) is 6.70. The summed E-state index contributed by atoms with van der Waals surface area (Å²) in [5.41, 5.74) is 0. The van der Waals surface area contributed by atoms with E-state index in [1.54, 1.807) is 12.1 Å². The number of thiophene rings is 1. The van der Waals surface area contributed by atoms with Crippen LogP contribution in [0, 0.1) is 5.82 Å². The molecule has 0 bridgehead atoms. The lowest BCUT2D eigenvalue weighted by Gasteiger charge is -1.90. The van der Waals surface area contributed by atoms with Crippen molar-refractivity contribution < 1.29 is 13.9 Å². The molecule has 0 aliphatic rings. The first kappa shape index (κ1) is 9.15. The molecule has 1 heterocycles. The van der Waals surface area contributed by atoms with Gasteiger partial charge in [0.1, 0.15) is 10.7 Å². The van der Waals surface area contributed by atoms with Crippen LogP contribution in [0.5, 0.6) is 0 Å². The number of hydrogen-bond donors (Lipinski definition) is 0. The molecule has 0 aliphatic carbocycles. The molecule has 0 saturated heterocycles. The zero-order valence-corrected chi connectivity index (χ0v) is 8.23. The van der Waals surface area contributed by atoms with E-state index in [9.17, 15) is 9.18 Å². The van der Waals surface area contributed by atoms with Crippen LogP contribution in [0.4, 0.5) is 4.39 Å². The highest BCUT2D eigenvalue weighted by Crippen LogP contribution is 2.26. The van der Waals surface area contributed by atoms with Gasteiger partial charge in [0.25, 0.3) is 0 Å². The van der Waals surface area contributed by atoms with E-state index in [0.717, 1.165) is 10.1 Å². The quantitative estimate of drug-likeness (QED) is 0.676. The molecule has 0 saturated carbocycles. The highest BCUT2D eigenvalue weighted by atomic mass is 32.1. The van der Waals surface area contributed by atoms with E-state index < -0.39 is 0 Å². The van der Waals surface area contributed by atoms with Gasteiger partial charge in [-0.2, -0.15) is 0 Å². The molecule has 0 fully saturated rings. The Morgan fingerprint density at radius 3 is 2.93 bits per heavy atom. The van der Waals surface area contributed by atoms with Gasteiger partial charge in [-0.15, -0.1) is 11.3 Å². The van der Waals surface area contributed by atoms with Gasteiger partial charge >= 0.3 is 5.97 Å².